The van der Waals surface area contributed by atoms with Crippen LogP contribution in [-0.4, -0.2) is 17.6 Å². The van der Waals surface area contributed by atoms with Gasteiger partial charge in [-0.25, -0.2) is 0 Å². The number of benzene rings is 1. The standard InChI is InChI=1S/C14H18BrNO2/c1-14(6-2-3-7-14)9-16-13(18)10-4-5-11(15)12(17)8-10/h4-5,8,17H,2-3,6-7,9H2,1H3,(H,16,18). The van der Waals surface area contributed by atoms with E-state index in [0.717, 1.165) is 0 Å². The molecule has 1 aromatic carbocycles. The van der Waals surface area contributed by atoms with Crippen LogP contribution in [0.4, 0.5) is 0 Å². The molecule has 1 saturated carbocycles. The van der Waals surface area contributed by atoms with Crippen LogP contribution in [0.15, 0.2) is 22.7 Å². The van der Waals surface area contributed by atoms with E-state index in [1.165, 1.54) is 31.7 Å². The number of phenolic OH excluding ortho intramolecular Hbond substituents is 1. The second-order valence-corrected chi connectivity index (χ2v) is 6.22. The first kappa shape index (κ1) is 13.4. The maximum Gasteiger partial charge on any atom is 0.251 e. The molecule has 18 heavy (non-hydrogen) atoms. The highest BCUT2D eigenvalue weighted by Gasteiger charge is 2.28. The van der Waals surface area contributed by atoms with Gasteiger partial charge in [-0.2, -0.15) is 0 Å². The minimum Gasteiger partial charge on any atom is -0.507 e. The molecule has 0 saturated heterocycles. The van der Waals surface area contributed by atoms with E-state index < -0.39 is 0 Å². The van der Waals surface area contributed by atoms with Gasteiger partial charge in [0.25, 0.3) is 5.91 Å². The van der Waals surface area contributed by atoms with Crippen LogP contribution in [0.3, 0.4) is 0 Å². The molecule has 1 aliphatic rings. The lowest BCUT2D eigenvalue weighted by Crippen LogP contribution is -2.34. The van der Waals surface area contributed by atoms with Crippen LogP contribution < -0.4 is 5.32 Å². The molecule has 1 amide bonds. The van der Waals surface area contributed by atoms with E-state index in [2.05, 4.69) is 28.2 Å². The molecule has 2 N–H and O–H groups in total. The Morgan fingerprint density at radius 1 is 1.44 bits per heavy atom. The minimum absolute atomic E-state index is 0.0923. The van der Waals surface area contributed by atoms with Gasteiger partial charge in [0.05, 0.1) is 4.47 Å². The van der Waals surface area contributed by atoms with E-state index in [0.29, 0.717) is 16.6 Å². The fourth-order valence-corrected chi connectivity index (χ4v) is 2.70. The Kier molecular flexibility index (Phi) is 3.95. The first-order valence-electron chi connectivity index (χ1n) is 6.27. The normalized spacial score (nSPS) is 17.7. The number of aromatic hydroxyl groups is 1. The third-order valence-corrected chi connectivity index (χ3v) is 4.37. The third-order valence-electron chi connectivity index (χ3n) is 3.69. The number of nitrogens with one attached hydrogen (secondary N) is 1. The monoisotopic (exact) mass is 311 g/mol. The van der Waals surface area contributed by atoms with Crippen molar-refractivity contribution in [2.75, 3.05) is 6.54 Å². The predicted octanol–water partition coefficient (Wildman–Crippen LogP) is 3.46. The molecule has 0 aromatic heterocycles. The molecule has 0 spiro atoms. The van der Waals surface area contributed by atoms with Gasteiger partial charge in [-0.1, -0.05) is 19.8 Å². The molecule has 0 radical (unpaired) electrons. The van der Waals surface area contributed by atoms with E-state index in [9.17, 15) is 9.90 Å². The van der Waals surface area contributed by atoms with Crippen LogP contribution in [-0.2, 0) is 0 Å². The third kappa shape index (κ3) is 3.05. The summed E-state index contributed by atoms with van der Waals surface area (Å²) in [5.41, 5.74) is 0.741. The minimum atomic E-state index is -0.120. The van der Waals surface area contributed by atoms with Gasteiger partial charge in [0, 0.05) is 12.1 Å². The first-order valence-corrected chi connectivity index (χ1v) is 7.06. The molecular weight excluding hydrogens is 294 g/mol. The second kappa shape index (κ2) is 5.31. The van der Waals surface area contributed by atoms with Crippen molar-refractivity contribution in [3.8, 4) is 5.75 Å². The number of hydrogen-bond acceptors (Lipinski definition) is 2. The number of phenols is 1. The number of halogens is 1. The van der Waals surface area contributed by atoms with E-state index in [1.54, 1.807) is 12.1 Å². The van der Waals surface area contributed by atoms with Gasteiger partial charge < -0.3 is 10.4 Å². The van der Waals surface area contributed by atoms with Crippen molar-refractivity contribution in [3.05, 3.63) is 28.2 Å². The van der Waals surface area contributed by atoms with Gasteiger partial charge in [0.1, 0.15) is 5.75 Å². The van der Waals surface area contributed by atoms with Crippen LogP contribution in [0.5, 0.6) is 5.75 Å². The fourth-order valence-electron chi connectivity index (χ4n) is 2.45. The highest BCUT2D eigenvalue weighted by Crippen LogP contribution is 2.36. The molecule has 4 heteroatoms. The number of hydrogen-bond donors (Lipinski definition) is 2. The van der Waals surface area contributed by atoms with Gasteiger partial charge in [-0.15, -0.1) is 0 Å². The lowest BCUT2D eigenvalue weighted by atomic mass is 9.89. The van der Waals surface area contributed by atoms with E-state index in [4.69, 9.17) is 0 Å². The Hall–Kier alpha value is -1.03. The molecule has 0 aliphatic heterocycles. The summed E-state index contributed by atoms with van der Waals surface area (Å²) in [5, 5.41) is 12.5. The van der Waals surface area contributed by atoms with Gasteiger partial charge in [-0.3, -0.25) is 4.79 Å². The highest BCUT2D eigenvalue weighted by atomic mass is 79.9. The summed E-state index contributed by atoms with van der Waals surface area (Å²) < 4.78 is 0.599. The zero-order valence-electron chi connectivity index (χ0n) is 10.5. The molecule has 0 bridgehead atoms. The number of rotatable bonds is 3. The van der Waals surface area contributed by atoms with E-state index in [1.807, 2.05) is 0 Å². The summed E-state index contributed by atoms with van der Waals surface area (Å²) in [6.45, 7) is 2.93. The molecule has 1 aliphatic carbocycles. The lowest BCUT2D eigenvalue weighted by Gasteiger charge is -2.23. The van der Waals surface area contributed by atoms with Gasteiger partial charge in [0.15, 0.2) is 0 Å². The smallest absolute Gasteiger partial charge is 0.251 e. The summed E-state index contributed by atoms with van der Waals surface area (Å²) in [6, 6.07) is 4.87. The molecule has 98 valence electrons. The predicted molar refractivity (Wildman–Crippen MR) is 74.7 cm³/mol. The SMILES string of the molecule is CC1(CNC(=O)c2ccc(Br)c(O)c2)CCCC1. The molecule has 0 unspecified atom stereocenters. The average molecular weight is 312 g/mol. The molecule has 1 fully saturated rings. The molecule has 1 aromatic rings. The summed E-state index contributed by atoms with van der Waals surface area (Å²) in [4.78, 5) is 12.0. The number of carbonyl (C=O) groups excluding carboxylic acids is 1. The van der Waals surface area contributed by atoms with Crippen molar-refractivity contribution in [1.29, 1.82) is 0 Å². The molecular formula is C14H18BrNO2. The molecule has 0 heterocycles. The van der Waals surface area contributed by atoms with Gasteiger partial charge in [-0.05, 0) is 52.4 Å². The Balaban J connectivity index is 1.97. The van der Waals surface area contributed by atoms with Crippen LogP contribution in [0.25, 0.3) is 0 Å². The molecule has 0 atom stereocenters. The second-order valence-electron chi connectivity index (χ2n) is 5.37. The Bertz CT molecular complexity index is 453. The summed E-state index contributed by atoms with van der Waals surface area (Å²) >= 11 is 3.20. The van der Waals surface area contributed by atoms with Crippen molar-refractivity contribution in [3.63, 3.8) is 0 Å². The summed E-state index contributed by atoms with van der Waals surface area (Å²) in [6.07, 6.45) is 4.87. The topological polar surface area (TPSA) is 49.3 Å². The van der Waals surface area contributed by atoms with Gasteiger partial charge >= 0.3 is 0 Å². The van der Waals surface area contributed by atoms with Gasteiger partial charge in [0.2, 0.25) is 0 Å². The largest absolute Gasteiger partial charge is 0.507 e. The van der Waals surface area contributed by atoms with Crippen LogP contribution >= 0.6 is 15.9 Å². The Morgan fingerprint density at radius 3 is 2.72 bits per heavy atom. The van der Waals surface area contributed by atoms with Crippen molar-refractivity contribution < 1.29 is 9.90 Å². The van der Waals surface area contributed by atoms with Crippen molar-refractivity contribution in [2.45, 2.75) is 32.6 Å². The summed E-state index contributed by atoms with van der Waals surface area (Å²) in [7, 11) is 0. The van der Waals surface area contributed by atoms with E-state index in [-0.39, 0.29) is 17.1 Å². The fraction of sp³-hybridized carbons (Fsp3) is 0.500. The van der Waals surface area contributed by atoms with E-state index >= 15 is 0 Å². The zero-order chi connectivity index (χ0) is 13.2. The van der Waals surface area contributed by atoms with Crippen LogP contribution in [0.1, 0.15) is 43.0 Å². The van der Waals surface area contributed by atoms with Crippen molar-refractivity contribution in [1.82, 2.24) is 5.32 Å². The Labute approximate surface area is 116 Å². The zero-order valence-corrected chi connectivity index (χ0v) is 12.1. The maximum atomic E-state index is 12.0. The summed E-state index contributed by atoms with van der Waals surface area (Å²) in [5.74, 6) is -0.0272. The maximum absolute atomic E-state index is 12.0. The van der Waals surface area contributed by atoms with Crippen LogP contribution in [0.2, 0.25) is 0 Å². The quantitative estimate of drug-likeness (QED) is 0.898. The van der Waals surface area contributed by atoms with Crippen LogP contribution in [0, 0.1) is 5.41 Å². The average Bonchev–Trinajstić information content (AvgIpc) is 2.77. The molecule has 3 nitrogen and oxygen atoms in total. The van der Waals surface area contributed by atoms with Crippen molar-refractivity contribution >= 4 is 21.8 Å². The lowest BCUT2D eigenvalue weighted by molar-refractivity contribution is 0.0934. The number of carbonyl (C=O) groups is 1. The highest BCUT2D eigenvalue weighted by molar-refractivity contribution is 9.10. The Morgan fingerprint density at radius 2 is 2.11 bits per heavy atom. The molecule has 2 rings (SSSR count). The first-order chi connectivity index (χ1) is 8.50. The number of amides is 1. The van der Waals surface area contributed by atoms with Crippen molar-refractivity contribution in [2.24, 2.45) is 5.41 Å².